The molecule has 1 aliphatic rings. The molecule has 0 saturated carbocycles. The van der Waals surface area contributed by atoms with Gasteiger partial charge >= 0.3 is 6.09 Å². The van der Waals surface area contributed by atoms with E-state index in [0.717, 1.165) is 28.5 Å². The molecule has 0 aliphatic heterocycles. The van der Waals surface area contributed by atoms with Crippen LogP contribution >= 0.6 is 0 Å². The number of sulfone groups is 1. The Bertz CT molecular complexity index is 1230. The zero-order valence-electron chi connectivity index (χ0n) is 18.0. The van der Waals surface area contributed by atoms with Crippen LogP contribution in [0.15, 0.2) is 77.7 Å². The van der Waals surface area contributed by atoms with Crippen LogP contribution in [0.4, 0.5) is 4.79 Å². The molecule has 0 radical (unpaired) electrons. The normalized spacial score (nSPS) is 14.8. The third-order valence-electron chi connectivity index (χ3n) is 5.80. The molecule has 7 nitrogen and oxygen atoms in total. The molecule has 4 rings (SSSR count). The van der Waals surface area contributed by atoms with E-state index in [4.69, 9.17) is 4.74 Å². The van der Waals surface area contributed by atoms with Gasteiger partial charge in [0.15, 0.2) is 9.84 Å². The monoisotopic (exact) mass is 467 g/mol. The molecule has 8 heteroatoms. The van der Waals surface area contributed by atoms with E-state index >= 15 is 0 Å². The Balaban J connectivity index is 1.37. The molecule has 172 valence electrons. The number of nitrogens with one attached hydrogen (secondary N) is 1. The minimum absolute atomic E-state index is 0.0711. The lowest BCUT2D eigenvalue weighted by atomic mass is 9.98. The summed E-state index contributed by atoms with van der Waals surface area (Å²) < 4.78 is 29.3. The fraction of sp³-hybridized carbons (Fsp3) is 0.240. The van der Waals surface area contributed by atoms with Gasteiger partial charge in [0, 0.05) is 24.3 Å². The van der Waals surface area contributed by atoms with Crippen molar-refractivity contribution in [2.75, 3.05) is 19.4 Å². The average molecular weight is 468 g/mol. The van der Waals surface area contributed by atoms with Gasteiger partial charge in [0.2, 0.25) is 0 Å². The summed E-state index contributed by atoms with van der Waals surface area (Å²) in [5.41, 5.74) is 4.47. The second-order valence-corrected chi connectivity index (χ2v) is 10.0. The van der Waals surface area contributed by atoms with Crippen LogP contribution in [0.2, 0.25) is 0 Å². The van der Waals surface area contributed by atoms with E-state index in [2.05, 4.69) is 5.32 Å². The van der Waals surface area contributed by atoms with E-state index in [0.29, 0.717) is 0 Å². The van der Waals surface area contributed by atoms with Crippen LogP contribution in [-0.2, 0) is 14.6 Å². The van der Waals surface area contributed by atoms with E-state index in [1.54, 1.807) is 6.07 Å². The quantitative estimate of drug-likeness (QED) is 0.492. The molecule has 0 saturated heterocycles. The third kappa shape index (κ3) is 4.78. The maximum absolute atomic E-state index is 12.3. The Morgan fingerprint density at radius 2 is 1.48 bits per heavy atom. The Labute approximate surface area is 192 Å². The molecule has 2 atom stereocenters. The smallest absolute Gasteiger partial charge is 0.407 e. The number of hydrogen-bond acceptors (Lipinski definition) is 6. The van der Waals surface area contributed by atoms with Gasteiger partial charge in [0.25, 0.3) is 0 Å². The Kier molecular flexibility index (Phi) is 6.51. The average Bonchev–Trinajstić information content (AvgIpc) is 3.14. The second kappa shape index (κ2) is 9.35. The number of alkyl carbamates (subject to hydrolysis) is 1. The van der Waals surface area contributed by atoms with Gasteiger partial charge in [-0.1, -0.05) is 66.7 Å². The first-order valence-electron chi connectivity index (χ1n) is 10.5. The Hall–Kier alpha value is -3.20. The molecule has 0 bridgehead atoms. The highest BCUT2D eigenvalue weighted by atomic mass is 32.2. The molecular weight excluding hydrogens is 442 g/mol. The van der Waals surface area contributed by atoms with Crippen molar-refractivity contribution in [1.29, 1.82) is 0 Å². The molecule has 3 aromatic rings. The summed E-state index contributed by atoms with van der Waals surface area (Å²) in [5.74, 6) is -0.0969. The minimum atomic E-state index is -3.59. The number of fused-ring (bicyclic) bond motifs is 3. The van der Waals surface area contributed by atoms with Crippen molar-refractivity contribution >= 4 is 15.9 Å². The van der Waals surface area contributed by atoms with E-state index in [9.17, 15) is 23.4 Å². The largest absolute Gasteiger partial charge is 0.449 e. The molecule has 0 aromatic heterocycles. The highest BCUT2D eigenvalue weighted by molar-refractivity contribution is 7.90. The van der Waals surface area contributed by atoms with E-state index in [-0.39, 0.29) is 29.5 Å². The number of hydrogen-bond donors (Lipinski definition) is 3. The van der Waals surface area contributed by atoms with Crippen molar-refractivity contribution in [3.05, 3.63) is 89.5 Å². The van der Waals surface area contributed by atoms with Crippen molar-refractivity contribution in [2.45, 2.75) is 23.0 Å². The number of aliphatic hydroxyl groups is 2. The molecule has 3 aromatic carbocycles. The number of carbonyl (C=O) groups is 1. The molecule has 3 N–H and O–H groups in total. The van der Waals surface area contributed by atoms with Crippen LogP contribution in [0, 0.1) is 0 Å². The van der Waals surface area contributed by atoms with Crippen LogP contribution < -0.4 is 5.32 Å². The van der Waals surface area contributed by atoms with E-state index in [1.807, 2.05) is 48.5 Å². The molecule has 33 heavy (non-hydrogen) atoms. The van der Waals surface area contributed by atoms with Gasteiger partial charge < -0.3 is 20.3 Å². The van der Waals surface area contributed by atoms with Gasteiger partial charge in [-0.05, 0) is 28.3 Å². The molecule has 0 fully saturated rings. The lowest BCUT2D eigenvalue weighted by molar-refractivity contribution is 0.0170. The lowest BCUT2D eigenvalue weighted by Crippen LogP contribution is -2.36. The highest BCUT2D eigenvalue weighted by Gasteiger charge is 2.29. The Morgan fingerprint density at radius 1 is 0.939 bits per heavy atom. The number of ether oxygens (including phenoxy) is 1. The first-order valence-corrected chi connectivity index (χ1v) is 12.4. The summed E-state index contributed by atoms with van der Waals surface area (Å²) in [6.45, 7) is -0.189. The number of carbonyl (C=O) groups excluding carboxylic acids is 1. The SMILES string of the molecule is CS(=O)(=O)c1ccccc1C(O)C(O)CNC(=O)OCC1c2ccccc2-c2ccccc21. The summed E-state index contributed by atoms with van der Waals surface area (Å²) in [6, 6.07) is 21.8. The fourth-order valence-corrected chi connectivity index (χ4v) is 5.16. The van der Waals surface area contributed by atoms with Crippen LogP contribution in [-0.4, -0.2) is 50.2 Å². The Morgan fingerprint density at radius 3 is 2.09 bits per heavy atom. The molecule has 1 amide bonds. The van der Waals surface area contributed by atoms with Gasteiger partial charge in [-0.15, -0.1) is 0 Å². The molecular formula is C25H25NO6S. The van der Waals surface area contributed by atoms with E-state index in [1.165, 1.54) is 18.2 Å². The zero-order chi connectivity index (χ0) is 23.6. The summed E-state index contributed by atoms with van der Waals surface area (Å²) in [6.07, 6.45) is -2.63. The van der Waals surface area contributed by atoms with Gasteiger partial charge in [-0.3, -0.25) is 0 Å². The van der Waals surface area contributed by atoms with Crippen molar-refractivity contribution < 1.29 is 28.2 Å². The summed E-state index contributed by atoms with van der Waals surface area (Å²) in [5, 5.41) is 23.2. The van der Waals surface area contributed by atoms with Crippen molar-refractivity contribution in [3.63, 3.8) is 0 Å². The minimum Gasteiger partial charge on any atom is -0.449 e. The maximum Gasteiger partial charge on any atom is 0.407 e. The fourth-order valence-electron chi connectivity index (χ4n) is 4.22. The lowest BCUT2D eigenvalue weighted by Gasteiger charge is -2.21. The van der Waals surface area contributed by atoms with Gasteiger partial charge in [-0.2, -0.15) is 0 Å². The predicted molar refractivity (Wildman–Crippen MR) is 124 cm³/mol. The van der Waals surface area contributed by atoms with Crippen LogP contribution in [0.5, 0.6) is 0 Å². The zero-order valence-corrected chi connectivity index (χ0v) is 18.8. The first kappa shape index (κ1) is 23.0. The van der Waals surface area contributed by atoms with Crippen LogP contribution in [0.25, 0.3) is 11.1 Å². The van der Waals surface area contributed by atoms with E-state index < -0.39 is 28.1 Å². The predicted octanol–water partition coefficient (Wildman–Crippen LogP) is 3.02. The topological polar surface area (TPSA) is 113 Å². The number of aliphatic hydroxyl groups excluding tert-OH is 2. The van der Waals surface area contributed by atoms with Crippen molar-refractivity contribution in [1.82, 2.24) is 5.32 Å². The molecule has 2 unspecified atom stereocenters. The van der Waals surface area contributed by atoms with Crippen molar-refractivity contribution in [3.8, 4) is 11.1 Å². The molecule has 1 aliphatic carbocycles. The number of rotatable bonds is 7. The summed E-state index contributed by atoms with van der Waals surface area (Å²) >= 11 is 0. The molecule has 0 spiro atoms. The molecule has 0 heterocycles. The standard InChI is InChI=1S/C25H25NO6S/c1-33(30,31)23-13-7-6-12-20(23)24(28)22(27)14-26-25(29)32-15-21-18-10-4-2-8-16(18)17-9-3-5-11-19(17)21/h2-13,21-22,24,27-28H,14-15H2,1H3,(H,26,29). The maximum atomic E-state index is 12.3. The summed E-state index contributed by atoms with van der Waals surface area (Å²) in [7, 11) is -3.59. The number of benzene rings is 3. The van der Waals surface area contributed by atoms with Gasteiger partial charge in [0.05, 0.1) is 4.90 Å². The first-order chi connectivity index (χ1) is 15.8. The van der Waals surface area contributed by atoms with Crippen LogP contribution in [0.1, 0.15) is 28.7 Å². The second-order valence-electron chi connectivity index (χ2n) is 8.03. The van der Waals surface area contributed by atoms with Gasteiger partial charge in [0.1, 0.15) is 18.8 Å². The van der Waals surface area contributed by atoms with Crippen molar-refractivity contribution in [2.24, 2.45) is 0 Å². The number of amides is 1. The van der Waals surface area contributed by atoms with Crippen LogP contribution in [0.3, 0.4) is 0 Å². The highest BCUT2D eigenvalue weighted by Crippen LogP contribution is 2.44. The van der Waals surface area contributed by atoms with Gasteiger partial charge in [-0.25, -0.2) is 13.2 Å². The third-order valence-corrected chi connectivity index (χ3v) is 6.97. The summed E-state index contributed by atoms with van der Waals surface area (Å²) in [4.78, 5) is 12.2.